The molecular formula is C29H28O3P2. The van der Waals surface area contributed by atoms with Gasteiger partial charge in [-0.1, -0.05) is 128 Å². The van der Waals surface area contributed by atoms with E-state index in [9.17, 15) is 14.2 Å². The van der Waals surface area contributed by atoms with Crippen LogP contribution in [0.1, 0.15) is 13.8 Å². The van der Waals surface area contributed by atoms with Gasteiger partial charge in [0.1, 0.15) is 7.14 Å². The average Bonchev–Trinajstić information content (AvgIpc) is 2.92. The second-order valence-corrected chi connectivity index (χ2v) is 14.1. The Labute approximate surface area is 201 Å². The molecule has 34 heavy (non-hydrogen) atoms. The van der Waals surface area contributed by atoms with Crippen molar-refractivity contribution in [1.82, 2.24) is 0 Å². The van der Waals surface area contributed by atoms with E-state index >= 15 is 0 Å². The third-order valence-electron chi connectivity index (χ3n) is 6.34. The molecule has 1 unspecified atom stereocenters. The van der Waals surface area contributed by atoms with Crippen LogP contribution in [0.15, 0.2) is 132 Å². The van der Waals surface area contributed by atoms with Crippen molar-refractivity contribution in [2.75, 3.05) is 0 Å². The Kier molecular flexibility index (Phi) is 7.08. The van der Waals surface area contributed by atoms with Crippen LogP contribution < -0.4 is 21.2 Å². The van der Waals surface area contributed by atoms with Crippen molar-refractivity contribution in [2.45, 2.75) is 19.5 Å². The van der Waals surface area contributed by atoms with Crippen molar-refractivity contribution < 1.29 is 14.2 Å². The van der Waals surface area contributed by atoms with Crippen molar-refractivity contribution in [3.8, 4) is 0 Å². The molecule has 0 bridgehead atoms. The molecule has 4 aromatic rings. The third kappa shape index (κ3) is 4.23. The summed E-state index contributed by atoms with van der Waals surface area (Å²) in [5.74, 6) is 0. The van der Waals surface area contributed by atoms with Crippen LogP contribution in [0.3, 0.4) is 0 Å². The minimum absolute atomic E-state index is 0.204. The molecule has 1 atom stereocenters. The van der Waals surface area contributed by atoms with Gasteiger partial charge in [-0.25, -0.2) is 0 Å². The summed E-state index contributed by atoms with van der Waals surface area (Å²) in [6.45, 7) is 3.60. The molecule has 3 nitrogen and oxygen atoms in total. The molecule has 0 aliphatic carbocycles. The molecule has 0 amide bonds. The second kappa shape index (κ2) is 10.0. The van der Waals surface area contributed by atoms with Gasteiger partial charge in [0.15, 0.2) is 5.50 Å². The number of allylic oxidation sites excluding steroid dienone is 1. The average molecular weight is 486 g/mol. The summed E-state index contributed by atoms with van der Waals surface area (Å²) in [4.78, 5) is 0. The molecule has 0 heterocycles. The van der Waals surface area contributed by atoms with Crippen LogP contribution in [-0.2, 0) is 9.13 Å². The topological polar surface area (TPSA) is 54.4 Å². The third-order valence-corrected chi connectivity index (χ3v) is 13.0. The summed E-state index contributed by atoms with van der Waals surface area (Å²) in [6.07, 6.45) is 0. The molecule has 0 spiro atoms. The molecule has 0 saturated carbocycles. The van der Waals surface area contributed by atoms with Crippen LogP contribution >= 0.6 is 14.3 Å². The lowest BCUT2D eigenvalue weighted by atomic mass is 10.2. The van der Waals surface area contributed by atoms with Gasteiger partial charge in [0.2, 0.25) is 7.14 Å². The number of hydrogen-bond acceptors (Lipinski definition) is 3. The van der Waals surface area contributed by atoms with Gasteiger partial charge in [-0.05, 0) is 12.5 Å². The van der Waals surface area contributed by atoms with Gasteiger partial charge in [0.05, 0.1) is 0 Å². The van der Waals surface area contributed by atoms with E-state index in [0.29, 0.717) is 26.8 Å². The van der Waals surface area contributed by atoms with Gasteiger partial charge in [0, 0.05) is 26.9 Å². The number of aliphatic hydroxyl groups excluding tert-OH is 1. The lowest BCUT2D eigenvalue weighted by Gasteiger charge is -2.29. The normalized spacial score (nSPS) is 13.7. The maximum Gasteiger partial charge on any atom is 0.203 e. The van der Waals surface area contributed by atoms with Crippen LogP contribution in [0.5, 0.6) is 0 Å². The Hall–Kier alpha value is -3.12. The van der Waals surface area contributed by atoms with Crippen molar-refractivity contribution in [2.24, 2.45) is 0 Å². The fraction of sp³-hybridized carbons (Fsp3) is 0.103. The predicted molar refractivity (Wildman–Crippen MR) is 144 cm³/mol. The van der Waals surface area contributed by atoms with Crippen molar-refractivity contribution in [3.05, 3.63) is 132 Å². The smallest absolute Gasteiger partial charge is 0.203 e. The summed E-state index contributed by atoms with van der Waals surface area (Å²) >= 11 is 0. The van der Waals surface area contributed by atoms with E-state index in [1.807, 2.05) is 104 Å². The maximum absolute atomic E-state index is 14.8. The fourth-order valence-corrected chi connectivity index (χ4v) is 10.1. The Morgan fingerprint density at radius 1 is 0.588 bits per heavy atom. The Balaban J connectivity index is 1.94. The number of hydrogen-bond donors (Lipinski definition) is 1. The molecule has 0 fully saturated rings. The molecule has 0 aromatic heterocycles. The molecule has 0 aliphatic rings. The molecule has 5 heteroatoms. The summed E-state index contributed by atoms with van der Waals surface area (Å²) < 4.78 is 29.5. The van der Waals surface area contributed by atoms with E-state index < -0.39 is 19.9 Å². The highest BCUT2D eigenvalue weighted by molar-refractivity contribution is 7.82. The van der Waals surface area contributed by atoms with Crippen molar-refractivity contribution >= 4 is 35.5 Å². The van der Waals surface area contributed by atoms with Crippen LogP contribution in [-0.4, -0.2) is 10.8 Å². The number of benzene rings is 4. The maximum atomic E-state index is 14.8. The van der Waals surface area contributed by atoms with Gasteiger partial charge >= 0.3 is 0 Å². The number of rotatable bonds is 7. The summed E-state index contributed by atoms with van der Waals surface area (Å²) in [5.41, 5.74) is -0.311. The minimum Gasteiger partial charge on any atom is -0.504 e. The first-order valence-electron chi connectivity index (χ1n) is 11.2. The van der Waals surface area contributed by atoms with E-state index in [4.69, 9.17) is 0 Å². The molecule has 1 N–H and O–H groups in total. The predicted octanol–water partition coefficient (Wildman–Crippen LogP) is 6.19. The highest BCUT2D eigenvalue weighted by Crippen LogP contribution is 2.57. The molecule has 0 radical (unpaired) electrons. The Morgan fingerprint density at radius 2 is 0.882 bits per heavy atom. The fourth-order valence-electron chi connectivity index (χ4n) is 4.27. The van der Waals surface area contributed by atoms with Crippen LogP contribution in [0.25, 0.3) is 0 Å². The van der Waals surface area contributed by atoms with Crippen LogP contribution in [0.2, 0.25) is 0 Å². The standard InChI is InChI=1S/C29H28O3P2/c1-23(24(2)33(31,25-15-7-3-8-16-25)26-17-9-4-10-18-26)29(30)34(32,27-19-11-5-12-20-27)28-21-13-6-14-22-28/h3-22,24,30H,1-2H3. The second-order valence-electron chi connectivity index (χ2n) is 8.29. The van der Waals surface area contributed by atoms with Crippen molar-refractivity contribution in [3.63, 3.8) is 0 Å². The first-order valence-corrected chi connectivity index (χ1v) is 14.7. The monoisotopic (exact) mass is 486 g/mol. The molecule has 172 valence electrons. The Bertz CT molecular complexity index is 1280. The van der Waals surface area contributed by atoms with E-state index in [-0.39, 0.29) is 5.50 Å². The van der Waals surface area contributed by atoms with Gasteiger partial charge in [-0.15, -0.1) is 0 Å². The van der Waals surface area contributed by atoms with Crippen molar-refractivity contribution in [1.29, 1.82) is 0 Å². The first kappa shape index (κ1) is 24.0. The molecular weight excluding hydrogens is 458 g/mol. The van der Waals surface area contributed by atoms with Gasteiger partial charge in [0.25, 0.3) is 0 Å². The zero-order valence-electron chi connectivity index (χ0n) is 19.3. The SMILES string of the molecule is CC(=C(O)P(=O)(c1ccccc1)c1ccccc1)C(C)P(=O)(c1ccccc1)c1ccccc1. The lowest BCUT2D eigenvalue weighted by Crippen LogP contribution is -2.26. The van der Waals surface area contributed by atoms with E-state index in [0.717, 1.165) is 0 Å². The van der Waals surface area contributed by atoms with Crippen LogP contribution in [0, 0.1) is 0 Å². The highest BCUT2D eigenvalue weighted by atomic mass is 31.2. The largest absolute Gasteiger partial charge is 0.504 e. The summed E-state index contributed by atoms with van der Waals surface area (Å²) in [7, 11) is -6.78. The quantitative estimate of drug-likeness (QED) is 0.250. The lowest BCUT2D eigenvalue weighted by molar-refractivity contribution is 0.434. The molecule has 4 aromatic carbocycles. The molecule has 0 saturated heterocycles. The van der Waals surface area contributed by atoms with Gasteiger partial charge in [-0.2, -0.15) is 0 Å². The minimum atomic E-state index is -3.56. The molecule has 0 aliphatic heterocycles. The summed E-state index contributed by atoms with van der Waals surface area (Å²) in [6, 6.07) is 36.8. The van der Waals surface area contributed by atoms with Crippen LogP contribution in [0.4, 0.5) is 0 Å². The van der Waals surface area contributed by atoms with Gasteiger partial charge < -0.3 is 14.2 Å². The van der Waals surface area contributed by atoms with E-state index in [2.05, 4.69) is 0 Å². The highest BCUT2D eigenvalue weighted by Gasteiger charge is 2.40. The zero-order valence-corrected chi connectivity index (χ0v) is 21.1. The van der Waals surface area contributed by atoms with E-state index in [1.54, 1.807) is 31.2 Å². The first-order chi connectivity index (χ1) is 16.4. The van der Waals surface area contributed by atoms with Gasteiger partial charge in [-0.3, -0.25) is 0 Å². The summed E-state index contributed by atoms with van der Waals surface area (Å²) in [5, 5.41) is 14.2. The zero-order chi connectivity index (χ0) is 24.2. The molecule has 4 rings (SSSR count). The van der Waals surface area contributed by atoms with E-state index in [1.165, 1.54) is 0 Å². The number of aliphatic hydroxyl groups is 1. The Morgan fingerprint density at radius 3 is 1.21 bits per heavy atom.